The summed E-state index contributed by atoms with van der Waals surface area (Å²) in [5.74, 6) is 3.41. The minimum Gasteiger partial charge on any atom is -0.296 e. The third kappa shape index (κ3) is 2.53. The Balaban J connectivity index is 2.51. The van der Waals surface area contributed by atoms with E-state index in [2.05, 4.69) is 37.1 Å². The van der Waals surface area contributed by atoms with Gasteiger partial charge in [-0.1, -0.05) is 13.0 Å². The largest absolute Gasteiger partial charge is 0.296 e. The fourth-order valence-electron chi connectivity index (χ4n) is 1.58. The van der Waals surface area contributed by atoms with Crippen molar-refractivity contribution in [1.29, 1.82) is 0 Å². The van der Waals surface area contributed by atoms with Gasteiger partial charge in [0, 0.05) is 24.9 Å². The lowest BCUT2D eigenvalue weighted by Crippen LogP contribution is -2.37. The number of hydrogen-bond acceptors (Lipinski definition) is 2. The summed E-state index contributed by atoms with van der Waals surface area (Å²) in [6.45, 7) is 10.7. The van der Waals surface area contributed by atoms with Gasteiger partial charge in [0.05, 0.1) is 0 Å². The molecule has 1 rings (SSSR count). The fourth-order valence-corrected chi connectivity index (χ4v) is 2.76. The van der Waals surface area contributed by atoms with E-state index >= 15 is 0 Å². The van der Waals surface area contributed by atoms with Crippen LogP contribution in [-0.2, 0) is 0 Å². The third-order valence-corrected chi connectivity index (χ3v) is 3.90. The van der Waals surface area contributed by atoms with E-state index in [0.29, 0.717) is 0 Å². The highest BCUT2D eigenvalue weighted by Gasteiger charge is 2.21. The lowest BCUT2D eigenvalue weighted by atomic mass is 10.0. The zero-order valence-corrected chi connectivity index (χ0v) is 8.94. The van der Waals surface area contributed by atoms with Crippen molar-refractivity contribution in [1.82, 2.24) is 4.90 Å². The summed E-state index contributed by atoms with van der Waals surface area (Å²) in [6.07, 6.45) is 2.01. The molecule has 1 fully saturated rings. The first-order valence-electron chi connectivity index (χ1n) is 4.68. The number of rotatable bonds is 2. The highest BCUT2D eigenvalue weighted by molar-refractivity contribution is 7.99. The van der Waals surface area contributed by atoms with Gasteiger partial charge in [-0.3, -0.25) is 4.90 Å². The van der Waals surface area contributed by atoms with Gasteiger partial charge in [0.25, 0.3) is 0 Å². The van der Waals surface area contributed by atoms with Crippen LogP contribution in [0.25, 0.3) is 0 Å². The van der Waals surface area contributed by atoms with Crippen LogP contribution < -0.4 is 0 Å². The maximum atomic E-state index is 3.80. The molecule has 2 heteroatoms. The summed E-state index contributed by atoms with van der Waals surface area (Å²) in [5, 5.41) is 0. The van der Waals surface area contributed by atoms with Crippen molar-refractivity contribution in [2.75, 3.05) is 24.6 Å². The topological polar surface area (TPSA) is 3.24 Å². The molecule has 12 heavy (non-hydrogen) atoms. The van der Waals surface area contributed by atoms with Gasteiger partial charge in [0.1, 0.15) is 0 Å². The maximum absolute atomic E-state index is 3.80. The highest BCUT2D eigenvalue weighted by Crippen LogP contribution is 2.20. The summed E-state index contributed by atoms with van der Waals surface area (Å²) in [4.78, 5) is 2.53. The normalized spacial score (nSPS) is 32.8. The first kappa shape index (κ1) is 10.1. The van der Waals surface area contributed by atoms with E-state index in [9.17, 15) is 0 Å². The number of thioether (sulfide) groups is 1. The molecule has 1 aliphatic heterocycles. The molecule has 0 amide bonds. The van der Waals surface area contributed by atoms with E-state index in [1.807, 2.05) is 6.08 Å². The van der Waals surface area contributed by atoms with Crippen LogP contribution in [-0.4, -0.2) is 35.5 Å². The Bertz CT molecular complexity index is 147. The lowest BCUT2D eigenvalue weighted by molar-refractivity contribution is 0.204. The number of hydrogen-bond donors (Lipinski definition) is 0. The molecule has 0 aromatic heterocycles. The summed E-state index contributed by atoms with van der Waals surface area (Å²) < 4.78 is 0. The van der Waals surface area contributed by atoms with E-state index in [1.165, 1.54) is 18.1 Å². The van der Waals surface area contributed by atoms with Crippen molar-refractivity contribution in [3.05, 3.63) is 12.7 Å². The summed E-state index contributed by atoms with van der Waals surface area (Å²) in [5.41, 5.74) is 0. The van der Waals surface area contributed by atoms with Gasteiger partial charge in [-0.15, -0.1) is 6.58 Å². The summed E-state index contributed by atoms with van der Waals surface area (Å²) in [7, 11) is 0. The second-order valence-electron chi connectivity index (χ2n) is 3.58. The number of nitrogens with zero attached hydrogens (tertiary/aromatic N) is 1. The third-order valence-electron chi connectivity index (χ3n) is 2.67. The molecular weight excluding hydrogens is 166 g/mol. The maximum Gasteiger partial charge on any atom is 0.0163 e. The average Bonchev–Trinajstić information content (AvgIpc) is 2.20. The Hall–Kier alpha value is 0.0500. The minimum atomic E-state index is 0.720. The molecule has 70 valence electrons. The monoisotopic (exact) mass is 185 g/mol. The van der Waals surface area contributed by atoms with E-state index in [0.717, 1.165) is 18.5 Å². The van der Waals surface area contributed by atoms with Crippen LogP contribution in [0.1, 0.15) is 13.8 Å². The van der Waals surface area contributed by atoms with Crippen molar-refractivity contribution >= 4 is 11.8 Å². The van der Waals surface area contributed by atoms with Crippen molar-refractivity contribution in [2.45, 2.75) is 19.9 Å². The van der Waals surface area contributed by atoms with E-state index in [4.69, 9.17) is 0 Å². The molecule has 0 aliphatic carbocycles. The molecule has 0 bridgehead atoms. The molecule has 1 aliphatic rings. The van der Waals surface area contributed by atoms with Gasteiger partial charge in [-0.25, -0.2) is 0 Å². The van der Waals surface area contributed by atoms with Crippen LogP contribution in [0.4, 0.5) is 0 Å². The molecule has 0 N–H and O–H groups in total. The molecule has 0 saturated carbocycles. The Labute approximate surface area is 80.2 Å². The predicted octanol–water partition coefficient (Wildman–Crippen LogP) is 2.25. The van der Waals surface area contributed by atoms with Crippen molar-refractivity contribution in [3.63, 3.8) is 0 Å². The van der Waals surface area contributed by atoms with Gasteiger partial charge in [0.15, 0.2) is 0 Å². The molecule has 0 aromatic carbocycles. The van der Waals surface area contributed by atoms with Gasteiger partial charge >= 0.3 is 0 Å². The Kier molecular flexibility index (Phi) is 4.16. The first-order chi connectivity index (χ1) is 5.75. The average molecular weight is 185 g/mol. The van der Waals surface area contributed by atoms with Crippen molar-refractivity contribution in [2.24, 2.45) is 5.92 Å². The zero-order chi connectivity index (χ0) is 8.97. The fraction of sp³-hybridized carbons (Fsp3) is 0.800. The molecule has 2 unspecified atom stereocenters. The molecule has 0 aromatic rings. The predicted molar refractivity (Wildman–Crippen MR) is 57.7 cm³/mol. The van der Waals surface area contributed by atoms with E-state index in [-0.39, 0.29) is 0 Å². The first-order valence-corrected chi connectivity index (χ1v) is 5.84. The lowest BCUT2D eigenvalue weighted by Gasteiger charge is -2.28. The Morgan fingerprint density at radius 1 is 1.58 bits per heavy atom. The summed E-state index contributed by atoms with van der Waals surface area (Å²) in [6, 6.07) is 0.720. The molecule has 1 nitrogen and oxygen atoms in total. The highest BCUT2D eigenvalue weighted by atomic mass is 32.2. The van der Waals surface area contributed by atoms with Crippen LogP contribution in [0.3, 0.4) is 0 Å². The van der Waals surface area contributed by atoms with Crippen LogP contribution in [0.5, 0.6) is 0 Å². The SMILES string of the molecule is C=CCN1CCSCC(C)C1C. The van der Waals surface area contributed by atoms with Gasteiger partial charge in [-0.2, -0.15) is 11.8 Å². The summed E-state index contributed by atoms with van der Waals surface area (Å²) >= 11 is 2.08. The second-order valence-corrected chi connectivity index (χ2v) is 4.73. The van der Waals surface area contributed by atoms with Gasteiger partial charge in [0.2, 0.25) is 0 Å². The zero-order valence-electron chi connectivity index (χ0n) is 8.12. The molecule has 0 radical (unpaired) electrons. The van der Waals surface area contributed by atoms with E-state index < -0.39 is 0 Å². The van der Waals surface area contributed by atoms with Crippen LogP contribution in [0.2, 0.25) is 0 Å². The molecule has 0 spiro atoms. The molecule has 1 heterocycles. The Morgan fingerprint density at radius 2 is 2.33 bits per heavy atom. The van der Waals surface area contributed by atoms with Crippen molar-refractivity contribution in [3.8, 4) is 0 Å². The van der Waals surface area contributed by atoms with Crippen LogP contribution in [0, 0.1) is 5.92 Å². The van der Waals surface area contributed by atoms with E-state index in [1.54, 1.807) is 0 Å². The quantitative estimate of drug-likeness (QED) is 0.607. The molecule has 2 atom stereocenters. The van der Waals surface area contributed by atoms with Crippen LogP contribution in [0.15, 0.2) is 12.7 Å². The molecular formula is C10H19NS. The second kappa shape index (κ2) is 4.93. The standard InChI is InChI=1S/C10H19NS/c1-4-5-11-6-7-12-8-9(2)10(11)3/h4,9-10H,1,5-8H2,2-3H3. The molecule has 1 saturated heterocycles. The van der Waals surface area contributed by atoms with Crippen molar-refractivity contribution < 1.29 is 0 Å². The Morgan fingerprint density at radius 3 is 3.00 bits per heavy atom. The van der Waals surface area contributed by atoms with Crippen LogP contribution >= 0.6 is 11.8 Å². The van der Waals surface area contributed by atoms with Gasteiger partial charge in [-0.05, 0) is 18.6 Å². The smallest absolute Gasteiger partial charge is 0.0163 e. The minimum absolute atomic E-state index is 0.720. The van der Waals surface area contributed by atoms with Gasteiger partial charge < -0.3 is 0 Å².